The number of nitrogens with two attached hydrogens (primary N) is 1. The lowest BCUT2D eigenvalue weighted by molar-refractivity contribution is 1.01. The quantitative estimate of drug-likeness (QED) is 0.772. The van der Waals surface area contributed by atoms with Crippen LogP contribution in [-0.2, 0) is 6.54 Å². The molecular formula is C8H8N4S. The Hall–Kier alpha value is -1.33. The predicted molar refractivity (Wildman–Crippen MR) is 51.0 cm³/mol. The molecule has 0 aliphatic carbocycles. The van der Waals surface area contributed by atoms with Crippen molar-refractivity contribution in [3.63, 3.8) is 0 Å². The summed E-state index contributed by atoms with van der Waals surface area (Å²) < 4.78 is 0. The van der Waals surface area contributed by atoms with Gasteiger partial charge in [-0.15, -0.1) is 11.3 Å². The molecule has 13 heavy (non-hydrogen) atoms. The molecule has 5 heteroatoms. The van der Waals surface area contributed by atoms with Gasteiger partial charge in [0.05, 0.1) is 10.4 Å². The highest BCUT2D eigenvalue weighted by molar-refractivity contribution is 7.13. The first-order valence-corrected chi connectivity index (χ1v) is 4.68. The number of thiazole rings is 1. The first-order chi connectivity index (χ1) is 6.40. The standard InChI is InChI=1S/C8H8N4S/c9-1-6-2-11-8(12-3-6)7-4-10-5-13-7/h2-5H,1,9H2. The minimum absolute atomic E-state index is 0.475. The zero-order valence-electron chi connectivity index (χ0n) is 6.84. The van der Waals surface area contributed by atoms with Gasteiger partial charge in [-0.05, 0) is 0 Å². The van der Waals surface area contributed by atoms with Crippen molar-refractivity contribution in [2.45, 2.75) is 6.54 Å². The van der Waals surface area contributed by atoms with Gasteiger partial charge in [0, 0.05) is 30.7 Å². The molecule has 2 aromatic rings. The lowest BCUT2D eigenvalue weighted by atomic mass is 10.3. The number of hydrogen-bond donors (Lipinski definition) is 1. The van der Waals surface area contributed by atoms with Crippen molar-refractivity contribution >= 4 is 11.3 Å². The molecule has 0 bridgehead atoms. The molecule has 2 heterocycles. The largest absolute Gasteiger partial charge is 0.326 e. The summed E-state index contributed by atoms with van der Waals surface area (Å²) in [5, 5.41) is 0. The molecule has 0 saturated heterocycles. The Morgan fingerprint density at radius 1 is 1.23 bits per heavy atom. The molecule has 66 valence electrons. The fraction of sp³-hybridized carbons (Fsp3) is 0.125. The first kappa shape index (κ1) is 8.28. The Morgan fingerprint density at radius 2 is 2.00 bits per heavy atom. The molecule has 0 aliphatic heterocycles. The summed E-state index contributed by atoms with van der Waals surface area (Å²) in [5.74, 6) is 0.708. The Morgan fingerprint density at radius 3 is 2.54 bits per heavy atom. The van der Waals surface area contributed by atoms with Gasteiger partial charge in [0.25, 0.3) is 0 Å². The van der Waals surface area contributed by atoms with Gasteiger partial charge in [0.2, 0.25) is 0 Å². The smallest absolute Gasteiger partial charge is 0.171 e. The second-order valence-electron chi connectivity index (χ2n) is 2.48. The van der Waals surface area contributed by atoms with Crippen molar-refractivity contribution in [3.05, 3.63) is 29.7 Å². The van der Waals surface area contributed by atoms with Crippen LogP contribution in [0.4, 0.5) is 0 Å². The maximum Gasteiger partial charge on any atom is 0.171 e. The topological polar surface area (TPSA) is 64.7 Å². The van der Waals surface area contributed by atoms with Crippen LogP contribution < -0.4 is 5.73 Å². The molecule has 0 aliphatic rings. The van der Waals surface area contributed by atoms with Crippen molar-refractivity contribution in [1.29, 1.82) is 0 Å². The summed E-state index contributed by atoms with van der Waals surface area (Å²) in [6.45, 7) is 0.475. The third-order valence-electron chi connectivity index (χ3n) is 1.59. The number of rotatable bonds is 2. The van der Waals surface area contributed by atoms with E-state index in [9.17, 15) is 0 Å². The van der Waals surface area contributed by atoms with E-state index >= 15 is 0 Å². The van der Waals surface area contributed by atoms with Crippen LogP contribution in [-0.4, -0.2) is 15.0 Å². The summed E-state index contributed by atoms with van der Waals surface area (Å²) >= 11 is 1.52. The van der Waals surface area contributed by atoms with Crippen LogP contribution in [0.3, 0.4) is 0 Å². The van der Waals surface area contributed by atoms with Gasteiger partial charge in [0.1, 0.15) is 0 Å². The monoisotopic (exact) mass is 192 g/mol. The molecular weight excluding hydrogens is 184 g/mol. The fourth-order valence-corrected chi connectivity index (χ4v) is 1.48. The second kappa shape index (κ2) is 3.59. The lowest BCUT2D eigenvalue weighted by Gasteiger charge is -1.96. The van der Waals surface area contributed by atoms with Crippen LogP contribution in [0.2, 0.25) is 0 Å². The fourth-order valence-electron chi connectivity index (χ4n) is 0.914. The normalized spacial score (nSPS) is 10.2. The van der Waals surface area contributed by atoms with Gasteiger partial charge in [0.15, 0.2) is 5.82 Å². The number of aromatic nitrogens is 3. The van der Waals surface area contributed by atoms with E-state index in [-0.39, 0.29) is 0 Å². The van der Waals surface area contributed by atoms with Crippen LogP contribution in [0.25, 0.3) is 10.7 Å². The summed E-state index contributed by atoms with van der Waals surface area (Å²) in [6.07, 6.45) is 5.23. The van der Waals surface area contributed by atoms with Crippen molar-refractivity contribution in [2.75, 3.05) is 0 Å². The van der Waals surface area contributed by atoms with Crippen LogP contribution in [0.1, 0.15) is 5.56 Å². The number of hydrogen-bond acceptors (Lipinski definition) is 5. The van der Waals surface area contributed by atoms with Crippen molar-refractivity contribution in [1.82, 2.24) is 15.0 Å². The minimum atomic E-state index is 0.475. The minimum Gasteiger partial charge on any atom is -0.326 e. The Balaban J connectivity index is 2.33. The molecule has 0 amide bonds. The maximum absolute atomic E-state index is 5.43. The van der Waals surface area contributed by atoms with E-state index in [2.05, 4.69) is 15.0 Å². The summed E-state index contributed by atoms with van der Waals surface area (Å²) in [4.78, 5) is 13.3. The molecule has 0 aromatic carbocycles. The Bertz CT molecular complexity index is 368. The molecule has 2 N–H and O–H groups in total. The van der Waals surface area contributed by atoms with Gasteiger partial charge >= 0.3 is 0 Å². The molecule has 0 saturated carbocycles. The van der Waals surface area contributed by atoms with E-state index < -0.39 is 0 Å². The van der Waals surface area contributed by atoms with E-state index in [4.69, 9.17) is 5.73 Å². The average Bonchev–Trinajstić information content (AvgIpc) is 2.71. The van der Waals surface area contributed by atoms with E-state index in [0.717, 1.165) is 10.4 Å². The third kappa shape index (κ3) is 1.71. The SMILES string of the molecule is NCc1cnc(-c2cncs2)nc1. The third-order valence-corrected chi connectivity index (χ3v) is 2.36. The predicted octanol–water partition coefficient (Wildman–Crippen LogP) is 1.06. The van der Waals surface area contributed by atoms with E-state index in [0.29, 0.717) is 12.4 Å². The zero-order chi connectivity index (χ0) is 9.10. The molecule has 0 fully saturated rings. The first-order valence-electron chi connectivity index (χ1n) is 3.80. The summed E-state index contributed by atoms with van der Waals surface area (Å²) in [5.41, 5.74) is 8.13. The maximum atomic E-state index is 5.43. The summed E-state index contributed by atoms with van der Waals surface area (Å²) in [7, 11) is 0. The van der Waals surface area contributed by atoms with Crippen molar-refractivity contribution < 1.29 is 0 Å². The van der Waals surface area contributed by atoms with Gasteiger partial charge in [-0.2, -0.15) is 0 Å². The molecule has 2 rings (SSSR count). The molecule has 0 atom stereocenters. The van der Waals surface area contributed by atoms with Gasteiger partial charge in [-0.25, -0.2) is 9.97 Å². The summed E-state index contributed by atoms with van der Waals surface area (Å²) in [6, 6.07) is 0. The van der Waals surface area contributed by atoms with Crippen molar-refractivity contribution in [3.8, 4) is 10.7 Å². The van der Waals surface area contributed by atoms with Crippen LogP contribution in [0.5, 0.6) is 0 Å². The highest BCUT2D eigenvalue weighted by Crippen LogP contribution is 2.17. The molecule has 4 nitrogen and oxygen atoms in total. The van der Waals surface area contributed by atoms with Gasteiger partial charge < -0.3 is 5.73 Å². The Labute approximate surface area is 79.5 Å². The zero-order valence-corrected chi connectivity index (χ0v) is 7.66. The van der Waals surface area contributed by atoms with Gasteiger partial charge in [-0.3, -0.25) is 4.98 Å². The van der Waals surface area contributed by atoms with Gasteiger partial charge in [-0.1, -0.05) is 0 Å². The average molecular weight is 192 g/mol. The number of nitrogens with zero attached hydrogens (tertiary/aromatic N) is 3. The highest BCUT2D eigenvalue weighted by atomic mass is 32.1. The van der Waals surface area contributed by atoms with Crippen molar-refractivity contribution in [2.24, 2.45) is 5.73 Å². The molecule has 0 radical (unpaired) electrons. The molecule has 2 aromatic heterocycles. The highest BCUT2D eigenvalue weighted by Gasteiger charge is 2.01. The van der Waals surface area contributed by atoms with Crippen LogP contribution in [0, 0.1) is 0 Å². The molecule has 0 spiro atoms. The van der Waals surface area contributed by atoms with E-state index in [1.54, 1.807) is 24.1 Å². The van der Waals surface area contributed by atoms with Crippen LogP contribution >= 0.6 is 11.3 Å². The second-order valence-corrected chi connectivity index (χ2v) is 3.37. The molecule has 0 unspecified atom stereocenters. The Kier molecular flexibility index (Phi) is 2.29. The van der Waals surface area contributed by atoms with Crippen LogP contribution in [0.15, 0.2) is 24.1 Å². The lowest BCUT2D eigenvalue weighted by Crippen LogP contribution is -1.98. The van der Waals surface area contributed by atoms with E-state index in [1.165, 1.54) is 11.3 Å². The van der Waals surface area contributed by atoms with E-state index in [1.807, 2.05) is 0 Å².